The van der Waals surface area contributed by atoms with Gasteiger partial charge < -0.3 is 25.6 Å². The average molecular weight is 661 g/mol. The first-order valence-corrected chi connectivity index (χ1v) is 16.8. The zero-order valence-corrected chi connectivity index (χ0v) is 28.7. The summed E-state index contributed by atoms with van der Waals surface area (Å²) in [6.45, 7) is 14.1. The summed E-state index contributed by atoms with van der Waals surface area (Å²) in [5, 5.41) is 11.9. The Hall–Kier alpha value is -3.25. The van der Waals surface area contributed by atoms with Crippen molar-refractivity contribution in [1.82, 2.24) is 25.5 Å². The summed E-state index contributed by atoms with van der Waals surface area (Å²) in [5.41, 5.74) is 0.206. The molecule has 4 rings (SSSR count). The van der Waals surface area contributed by atoms with Gasteiger partial charge in [0.2, 0.25) is 23.5 Å². The van der Waals surface area contributed by atoms with Gasteiger partial charge in [0, 0.05) is 35.5 Å². The molecule has 1 aliphatic heterocycles. The molecule has 0 bridgehead atoms. The number of thiazole rings is 1. The largest absolute Gasteiger partial charge is 0.472 e. The maximum atomic E-state index is 14.4. The number of hydrogen-bond acceptors (Lipinski definition) is 9. The second-order valence-electron chi connectivity index (χ2n) is 14.0. The molecule has 2 aromatic rings. The zero-order chi connectivity index (χ0) is 33.1. The molecule has 2 fully saturated rings. The number of ether oxygens (including phenoxy) is 1. The minimum Gasteiger partial charge on any atom is -0.472 e. The number of halogens is 1. The molecule has 2 aliphatic rings. The molecule has 13 heteroatoms. The van der Waals surface area contributed by atoms with E-state index >= 15 is 0 Å². The molecule has 2 aromatic heterocycles. The Bertz CT molecular complexity index is 1380. The Kier molecular flexibility index (Phi) is 10.8. The van der Waals surface area contributed by atoms with Gasteiger partial charge in [0.15, 0.2) is 5.13 Å². The van der Waals surface area contributed by atoms with Gasteiger partial charge in [-0.3, -0.25) is 19.2 Å². The Balaban J connectivity index is 1.58. The predicted octanol–water partition coefficient (Wildman–Crippen LogP) is 4.50. The Morgan fingerprint density at radius 2 is 1.84 bits per heavy atom. The van der Waals surface area contributed by atoms with Crippen LogP contribution in [0.3, 0.4) is 0 Å². The van der Waals surface area contributed by atoms with Crippen molar-refractivity contribution >= 4 is 51.6 Å². The van der Waals surface area contributed by atoms with Crippen molar-refractivity contribution in [3.63, 3.8) is 0 Å². The number of pyridine rings is 1. The normalized spacial score (nSPS) is 19.9. The van der Waals surface area contributed by atoms with Crippen molar-refractivity contribution in [2.75, 3.05) is 11.9 Å². The number of carbonyl (C=O) groups is 4. The summed E-state index contributed by atoms with van der Waals surface area (Å²) < 4.78 is 6.10. The molecule has 3 N–H and O–H groups in total. The van der Waals surface area contributed by atoms with E-state index < -0.39 is 47.2 Å². The smallest absolute Gasteiger partial charge is 0.289 e. The van der Waals surface area contributed by atoms with Crippen LogP contribution in [0.1, 0.15) is 86.3 Å². The lowest BCUT2D eigenvalue weighted by Crippen LogP contribution is -2.56. The lowest BCUT2D eigenvalue weighted by atomic mass is 9.85. The number of aromatic nitrogens is 2. The van der Waals surface area contributed by atoms with Gasteiger partial charge in [-0.25, -0.2) is 9.97 Å². The third kappa shape index (κ3) is 9.16. The summed E-state index contributed by atoms with van der Waals surface area (Å²) in [6, 6.07) is 0.627. The summed E-state index contributed by atoms with van der Waals surface area (Å²) in [4.78, 5) is 64.3. The average Bonchev–Trinajstić information content (AvgIpc) is 3.46. The lowest BCUT2D eigenvalue weighted by Gasteiger charge is -2.35. The van der Waals surface area contributed by atoms with E-state index in [9.17, 15) is 19.2 Å². The van der Waals surface area contributed by atoms with Gasteiger partial charge in [-0.2, -0.15) is 0 Å². The highest BCUT2D eigenvalue weighted by molar-refractivity contribution is 7.13. The van der Waals surface area contributed by atoms with Gasteiger partial charge in [0.1, 0.15) is 18.2 Å². The van der Waals surface area contributed by atoms with Gasteiger partial charge in [0.05, 0.1) is 23.3 Å². The Morgan fingerprint density at radius 1 is 1.13 bits per heavy atom. The van der Waals surface area contributed by atoms with Crippen LogP contribution in [0, 0.1) is 5.41 Å². The van der Waals surface area contributed by atoms with E-state index in [-0.39, 0.29) is 30.3 Å². The van der Waals surface area contributed by atoms with E-state index in [4.69, 9.17) is 21.3 Å². The molecule has 0 spiro atoms. The van der Waals surface area contributed by atoms with Crippen LogP contribution in [0.2, 0.25) is 5.02 Å². The maximum Gasteiger partial charge on any atom is 0.289 e. The molecule has 3 heterocycles. The fourth-order valence-electron chi connectivity index (χ4n) is 5.07. The van der Waals surface area contributed by atoms with Crippen LogP contribution in [0.25, 0.3) is 0 Å². The Labute approximate surface area is 274 Å². The lowest BCUT2D eigenvalue weighted by molar-refractivity contribution is -0.143. The van der Waals surface area contributed by atoms with Crippen molar-refractivity contribution in [1.29, 1.82) is 0 Å². The molecule has 11 nitrogen and oxygen atoms in total. The first-order valence-electron chi connectivity index (χ1n) is 15.5. The van der Waals surface area contributed by atoms with Gasteiger partial charge in [-0.15, -0.1) is 11.3 Å². The summed E-state index contributed by atoms with van der Waals surface area (Å²) >= 11 is 7.42. The van der Waals surface area contributed by atoms with Gasteiger partial charge in [-0.05, 0) is 30.7 Å². The number of likely N-dealkylation sites (tertiary alicyclic amines) is 1. The molecule has 1 saturated heterocycles. The van der Waals surface area contributed by atoms with E-state index in [1.165, 1.54) is 22.4 Å². The minimum absolute atomic E-state index is 0.0147. The number of anilines is 1. The summed E-state index contributed by atoms with van der Waals surface area (Å²) in [5.74, 6) is -1.87. The third-order valence-corrected chi connectivity index (χ3v) is 8.83. The summed E-state index contributed by atoms with van der Waals surface area (Å²) in [7, 11) is 0. The van der Waals surface area contributed by atoms with Gasteiger partial charge in [-0.1, -0.05) is 66.5 Å². The quantitative estimate of drug-likeness (QED) is 0.283. The van der Waals surface area contributed by atoms with Crippen molar-refractivity contribution in [2.24, 2.45) is 5.41 Å². The first kappa shape index (κ1) is 34.6. The number of ketones is 1. The molecule has 0 unspecified atom stereocenters. The van der Waals surface area contributed by atoms with Crippen LogP contribution in [0.4, 0.5) is 5.13 Å². The van der Waals surface area contributed by atoms with Gasteiger partial charge in [0.25, 0.3) is 5.91 Å². The van der Waals surface area contributed by atoms with E-state index in [1.54, 1.807) is 12.1 Å². The highest BCUT2D eigenvalue weighted by Gasteiger charge is 2.46. The van der Waals surface area contributed by atoms with Crippen LogP contribution in [-0.4, -0.2) is 75.2 Å². The molecule has 1 aliphatic carbocycles. The minimum atomic E-state index is -1.00. The first-order chi connectivity index (χ1) is 21.1. The third-order valence-electron chi connectivity index (χ3n) is 7.84. The molecule has 1 saturated carbocycles. The van der Waals surface area contributed by atoms with Crippen molar-refractivity contribution in [2.45, 2.75) is 116 Å². The van der Waals surface area contributed by atoms with Crippen molar-refractivity contribution in [3.05, 3.63) is 34.4 Å². The highest BCUT2D eigenvalue weighted by atomic mass is 35.5. The van der Waals surface area contributed by atoms with Crippen LogP contribution in [0.15, 0.2) is 23.7 Å². The molecule has 0 radical (unpaired) electrons. The molecule has 3 amide bonds. The van der Waals surface area contributed by atoms with Crippen LogP contribution in [-0.2, 0) is 24.6 Å². The predicted molar refractivity (Wildman–Crippen MR) is 174 cm³/mol. The molecular weight excluding hydrogens is 616 g/mol. The van der Waals surface area contributed by atoms with Crippen LogP contribution >= 0.6 is 22.9 Å². The van der Waals surface area contributed by atoms with E-state index in [0.717, 1.165) is 18.5 Å². The monoisotopic (exact) mass is 660 g/mol. The number of nitrogens with zero attached hydrogens (tertiary/aromatic N) is 3. The van der Waals surface area contributed by atoms with E-state index in [0.29, 0.717) is 28.9 Å². The summed E-state index contributed by atoms with van der Waals surface area (Å²) in [6.07, 6.45) is 3.64. The number of nitrogens with one attached hydrogen (secondary N) is 3. The molecule has 0 aromatic carbocycles. The fraction of sp³-hybridized carbons (Fsp3) is 0.625. The molecule has 45 heavy (non-hydrogen) atoms. The fourth-order valence-corrected chi connectivity index (χ4v) is 6.15. The molecular formula is C32H45ClN6O5S. The second kappa shape index (κ2) is 14.0. The number of Topliss-reactive ketones (excluding diaryl/α,β-unsaturated/α-hetero) is 1. The number of carbonyl (C=O) groups excluding carboxylic acids is 4. The zero-order valence-electron chi connectivity index (χ0n) is 27.1. The van der Waals surface area contributed by atoms with Crippen molar-refractivity contribution < 1.29 is 23.9 Å². The van der Waals surface area contributed by atoms with E-state index in [1.807, 2.05) is 33.1 Å². The molecule has 4 atom stereocenters. The van der Waals surface area contributed by atoms with Crippen LogP contribution in [0.5, 0.6) is 5.88 Å². The Morgan fingerprint density at radius 3 is 2.40 bits per heavy atom. The highest BCUT2D eigenvalue weighted by Crippen LogP contribution is 2.32. The van der Waals surface area contributed by atoms with E-state index in [2.05, 4.69) is 41.7 Å². The second-order valence-corrected chi connectivity index (χ2v) is 15.3. The topological polar surface area (TPSA) is 143 Å². The number of amides is 3. The van der Waals surface area contributed by atoms with Crippen molar-refractivity contribution in [3.8, 4) is 5.88 Å². The van der Waals surface area contributed by atoms with Crippen LogP contribution < -0.4 is 20.7 Å². The standard InChI is InChI=1S/C32H45ClN6O5S/c1-8-9-21(25(40)28(42)35-19-11-12-19)36-27(41)22-14-20(44-24-13-10-18(33)15-34-24)16-39(22)29(43)26(32(5,6)7)38-30-37-23(17-45-30)31(2,3)4/h10,13,15,17,19-22,26H,8-9,11-12,14,16H2,1-7H3,(H,35,42)(H,36,41)(H,37,38)/t20-,21+,22+,26-/m1/s1. The molecule has 246 valence electrons. The van der Waals surface area contributed by atoms with Gasteiger partial charge >= 0.3 is 0 Å². The maximum absolute atomic E-state index is 14.4. The number of rotatable bonds is 12. The number of hydrogen-bond donors (Lipinski definition) is 3. The SMILES string of the molecule is CCC[C@H](NC(=O)[C@@H]1C[C@@H](Oc2ccc(Cl)cn2)CN1C(=O)[C@@H](Nc1nc(C(C)(C)C)cs1)C(C)(C)C)C(=O)C(=O)NC1CC1.